The zero-order chi connectivity index (χ0) is 36.9. The first-order valence-corrected chi connectivity index (χ1v) is 17.3. The Hall–Kier alpha value is -5.80. The third-order valence-corrected chi connectivity index (χ3v) is 8.93. The van der Waals surface area contributed by atoms with Crippen molar-refractivity contribution >= 4 is 23.0 Å². The minimum absolute atomic E-state index is 0.145. The van der Waals surface area contributed by atoms with Crippen molar-refractivity contribution < 1.29 is 23.6 Å². The van der Waals surface area contributed by atoms with Crippen LogP contribution in [0, 0.1) is 19.7 Å². The number of carbonyl (C=O) groups is 2. The number of fused-ring (bicyclic) bond motifs is 1. The first-order valence-electron chi connectivity index (χ1n) is 17.3. The SMILES string of the molecule is Cc1cc2nc(CCC(NC(=O)OC(C)(C)C)C(=O)NOC(c3ccccc3)(c3ccccc3)c3ccccc3)n(-c3ccc(F)cc3)c2cc1C. The van der Waals surface area contributed by atoms with Gasteiger partial charge >= 0.3 is 6.09 Å². The molecule has 6 aromatic rings. The van der Waals surface area contributed by atoms with Gasteiger partial charge in [0.2, 0.25) is 0 Å². The number of hydrogen-bond acceptors (Lipinski definition) is 5. The van der Waals surface area contributed by atoms with Gasteiger partial charge in [-0.1, -0.05) is 91.0 Å². The lowest BCUT2D eigenvalue weighted by atomic mass is 9.80. The van der Waals surface area contributed by atoms with Crippen LogP contribution in [0.25, 0.3) is 16.7 Å². The molecule has 6 rings (SSSR count). The molecule has 1 aromatic heterocycles. The molecule has 266 valence electrons. The molecule has 1 heterocycles. The van der Waals surface area contributed by atoms with Gasteiger partial charge in [-0.25, -0.2) is 19.6 Å². The van der Waals surface area contributed by atoms with E-state index in [2.05, 4.69) is 16.9 Å². The fourth-order valence-corrected chi connectivity index (χ4v) is 6.31. The molecule has 9 heteroatoms. The lowest BCUT2D eigenvalue weighted by Crippen LogP contribution is -2.50. The predicted octanol–water partition coefficient (Wildman–Crippen LogP) is 8.65. The number of rotatable bonds is 11. The Morgan fingerprint density at radius 3 is 1.81 bits per heavy atom. The largest absolute Gasteiger partial charge is 0.444 e. The maximum atomic E-state index is 14.3. The van der Waals surface area contributed by atoms with Crippen LogP contribution in [0.1, 0.15) is 60.8 Å². The number of aryl methyl sites for hydroxylation is 3. The number of ether oxygens (including phenoxy) is 1. The van der Waals surface area contributed by atoms with Crippen molar-refractivity contribution in [2.45, 2.75) is 64.7 Å². The molecule has 0 saturated carbocycles. The van der Waals surface area contributed by atoms with Crippen molar-refractivity contribution in [2.75, 3.05) is 0 Å². The summed E-state index contributed by atoms with van der Waals surface area (Å²) < 4.78 is 21.5. The highest BCUT2D eigenvalue weighted by Gasteiger charge is 2.40. The molecule has 0 fully saturated rings. The first-order chi connectivity index (χ1) is 24.9. The first kappa shape index (κ1) is 36.0. The molecule has 2 amide bonds. The number of carbonyl (C=O) groups excluding carboxylic acids is 2. The van der Waals surface area contributed by atoms with E-state index in [1.807, 2.05) is 115 Å². The van der Waals surface area contributed by atoms with Gasteiger partial charge in [-0.2, -0.15) is 0 Å². The molecular weight excluding hydrogens is 655 g/mol. The summed E-state index contributed by atoms with van der Waals surface area (Å²) in [5, 5.41) is 2.78. The topological polar surface area (TPSA) is 94.5 Å². The van der Waals surface area contributed by atoms with Crippen molar-refractivity contribution in [2.24, 2.45) is 0 Å². The second-order valence-corrected chi connectivity index (χ2v) is 13.9. The second-order valence-electron chi connectivity index (χ2n) is 13.9. The maximum Gasteiger partial charge on any atom is 0.408 e. The highest BCUT2D eigenvalue weighted by atomic mass is 19.1. The smallest absolute Gasteiger partial charge is 0.408 e. The van der Waals surface area contributed by atoms with Crippen LogP contribution in [-0.4, -0.2) is 33.2 Å². The number of benzene rings is 5. The average Bonchev–Trinajstić information content (AvgIpc) is 3.47. The van der Waals surface area contributed by atoms with Crippen LogP contribution >= 0.6 is 0 Å². The van der Waals surface area contributed by atoms with Gasteiger partial charge in [0.25, 0.3) is 5.91 Å². The average molecular weight is 699 g/mol. The number of nitrogens with zero attached hydrogens (tertiary/aromatic N) is 2. The van der Waals surface area contributed by atoms with Crippen molar-refractivity contribution in [3.05, 3.63) is 167 Å². The monoisotopic (exact) mass is 698 g/mol. The minimum atomic E-state index is -1.23. The molecule has 8 nitrogen and oxygen atoms in total. The summed E-state index contributed by atoms with van der Waals surface area (Å²) in [6, 6.07) is 38.2. The number of halogens is 1. The van der Waals surface area contributed by atoms with E-state index in [1.165, 1.54) is 12.1 Å². The van der Waals surface area contributed by atoms with Crippen molar-refractivity contribution in [3.63, 3.8) is 0 Å². The summed E-state index contributed by atoms with van der Waals surface area (Å²) in [6.07, 6.45) is -0.322. The number of nitrogens with one attached hydrogen (secondary N) is 2. The van der Waals surface area contributed by atoms with Crippen LogP contribution < -0.4 is 10.8 Å². The van der Waals surface area contributed by atoms with Gasteiger partial charge in [0, 0.05) is 12.1 Å². The molecule has 0 aliphatic heterocycles. The molecular formula is C43H43FN4O4. The molecule has 2 N–H and O–H groups in total. The van der Waals surface area contributed by atoms with Gasteiger partial charge in [0.15, 0.2) is 5.60 Å². The minimum Gasteiger partial charge on any atom is -0.444 e. The number of imidazole rings is 1. The summed E-state index contributed by atoms with van der Waals surface area (Å²) in [5.41, 5.74) is 7.61. The molecule has 0 radical (unpaired) electrons. The fraction of sp³-hybridized carbons (Fsp3) is 0.233. The lowest BCUT2D eigenvalue weighted by Gasteiger charge is -2.35. The second kappa shape index (κ2) is 15.2. The van der Waals surface area contributed by atoms with Crippen LogP contribution in [0.5, 0.6) is 0 Å². The van der Waals surface area contributed by atoms with E-state index in [1.54, 1.807) is 32.9 Å². The molecule has 0 bridgehead atoms. The molecule has 0 spiro atoms. The highest BCUT2D eigenvalue weighted by Crippen LogP contribution is 2.39. The van der Waals surface area contributed by atoms with E-state index in [0.29, 0.717) is 5.82 Å². The molecule has 5 aromatic carbocycles. The van der Waals surface area contributed by atoms with Gasteiger partial charge < -0.3 is 10.1 Å². The van der Waals surface area contributed by atoms with Crippen LogP contribution in [0.3, 0.4) is 0 Å². The van der Waals surface area contributed by atoms with Gasteiger partial charge in [-0.05, 0) is 105 Å². The van der Waals surface area contributed by atoms with E-state index >= 15 is 0 Å². The molecule has 0 aliphatic carbocycles. The van der Waals surface area contributed by atoms with Crippen molar-refractivity contribution in [1.82, 2.24) is 20.3 Å². The maximum absolute atomic E-state index is 14.3. The molecule has 52 heavy (non-hydrogen) atoms. The van der Waals surface area contributed by atoms with E-state index in [9.17, 15) is 14.0 Å². The summed E-state index contributed by atoms with van der Waals surface area (Å²) in [7, 11) is 0. The standard InChI is InChI=1S/C43H43FN4O4/c1-29-27-37-38(28-30(29)2)48(35-23-21-34(44)22-24-35)39(45-37)26-25-36(46-41(50)51-42(3,4)5)40(49)47-52-43(31-15-9-6-10-16-31,32-17-11-7-12-18-32)33-19-13-8-14-20-33/h6-24,27-28,36H,25-26H2,1-5H3,(H,46,50)(H,47,49). The Balaban J connectivity index is 1.36. The highest BCUT2D eigenvalue weighted by molar-refractivity contribution is 5.85. The number of hydrogen-bond donors (Lipinski definition) is 2. The number of amides is 2. The zero-order valence-electron chi connectivity index (χ0n) is 30.0. The van der Waals surface area contributed by atoms with Gasteiger partial charge in [-0.3, -0.25) is 14.2 Å². The van der Waals surface area contributed by atoms with E-state index in [4.69, 9.17) is 14.6 Å². The normalized spacial score (nSPS) is 12.3. The lowest BCUT2D eigenvalue weighted by molar-refractivity contribution is -0.145. The Bertz CT molecular complexity index is 2050. The van der Waals surface area contributed by atoms with E-state index in [-0.39, 0.29) is 18.7 Å². The molecule has 1 atom stereocenters. The third kappa shape index (κ3) is 7.90. The molecule has 0 aliphatic rings. The Morgan fingerprint density at radius 2 is 1.29 bits per heavy atom. The number of hydroxylamine groups is 1. The van der Waals surface area contributed by atoms with E-state index in [0.717, 1.165) is 44.5 Å². The fourth-order valence-electron chi connectivity index (χ4n) is 6.31. The van der Waals surface area contributed by atoms with Gasteiger partial charge in [0.1, 0.15) is 23.3 Å². The van der Waals surface area contributed by atoms with Crippen LogP contribution in [0.4, 0.5) is 9.18 Å². The summed E-state index contributed by atoms with van der Waals surface area (Å²) in [5.74, 6) is -0.282. The van der Waals surface area contributed by atoms with Crippen molar-refractivity contribution in [1.29, 1.82) is 0 Å². The van der Waals surface area contributed by atoms with Gasteiger partial charge in [0.05, 0.1) is 11.0 Å². The number of aromatic nitrogens is 2. The Kier molecular flexibility index (Phi) is 10.5. The van der Waals surface area contributed by atoms with E-state index < -0.39 is 29.2 Å². The Morgan fingerprint density at radius 1 is 0.769 bits per heavy atom. The summed E-state index contributed by atoms with van der Waals surface area (Å²) in [6.45, 7) is 9.33. The molecule has 1 unspecified atom stereocenters. The predicted molar refractivity (Wildman–Crippen MR) is 200 cm³/mol. The quantitative estimate of drug-likeness (QED) is 0.104. The van der Waals surface area contributed by atoms with Crippen molar-refractivity contribution in [3.8, 4) is 5.69 Å². The van der Waals surface area contributed by atoms with Crippen LogP contribution in [-0.2, 0) is 26.4 Å². The Labute approximate surface area is 303 Å². The zero-order valence-corrected chi connectivity index (χ0v) is 30.0. The number of alkyl carbamates (subject to hydrolysis) is 1. The molecule has 0 saturated heterocycles. The van der Waals surface area contributed by atoms with Crippen LogP contribution in [0.2, 0.25) is 0 Å². The summed E-state index contributed by atoms with van der Waals surface area (Å²) >= 11 is 0. The van der Waals surface area contributed by atoms with Crippen LogP contribution in [0.15, 0.2) is 127 Å². The third-order valence-electron chi connectivity index (χ3n) is 8.93. The summed E-state index contributed by atoms with van der Waals surface area (Å²) in [4.78, 5) is 39.0. The van der Waals surface area contributed by atoms with Gasteiger partial charge in [-0.15, -0.1) is 0 Å².